The zero-order valence-electron chi connectivity index (χ0n) is 17.5. The number of fused-ring (bicyclic) bond motifs is 1. The summed E-state index contributed by atoms with van der Waals surface area (Å²) in [5.41, 5.74) is 3.05. The van der Waals surface area contributed by atoms with Crippen LogP contribution < -0.4 is 10.1 Å². The fourth-order valence-corrected chi connectivity index (χ4v) is 3.06. The van der Waals surface area contributed by atoms with Crippen LogP contribution in [0, 0.1) is 0 Å². The summed E-state index contributed by atoms with van der Waals surface area (Å²) < 4.78 is 10.4. The van der Waals surface area contributed by atoms with Gasteiger partial charge < -0.3 is 14.8 Å². The molecule has 0 saturated carbocycles. The zero-order valence-corrected chi connectivity index (χ0v) is 17.5. The Hall–Kier alpha value is -3.41. The van der Waals surface area contributed by atoms with Crippen molar-refractivity contribution >= 4 is 22.8 Å². The third-order valence-corrected chi connectivity index (χ3v) is 4.78. The molecule has 0 aliphatic carbocycles. The average Bonchev–Trinajstić information content (AvgIpc) is 2.77. The molecule has 1 heterocycles. The van der Waals surface area contributed by atoms with Gasteiger partial charge in [-0.1, -0.05) is 44.2 Å². The summed E-state index contributed by atoms with van der Waals surface area (Å²) in [6, 6.07) is 16.8. The molecule has 1 amide bonds. The lowest BCUT2D eigenvalue weighted by atomic mass is 10.0. The predicted octanol–water partition coefficient (Wildman–Crippen LogP) is 3.88. The van der Waals surface area contributed by atoms with Crippen LogP contribution in [0.15, 0.2) is 54.6 Å². The van der Waals surface area contributed by atoms with Gasteiger partial charge in [-0.2, -0.15) is 0 Å². The number of pyridine rings is 1. The highest BCUT2D eigenvalue weighted by atomic mass is 16.5. The standard InChI is InChI=1S/C24H26N2O4/c1-16(2)22-14-20(19-6-4-5-7-21(19)26-22)24(28)30-15-23(27)25-13-12-17-8-10-18(29-3)11-9-17/h4-11,14,16H,12-13,15H2,1-3H3,(H,25,27). The number of hydrogen-bond donors (Lipinski definition) is 1. The van der Waals surface area contributed by atoms with Gasteiger partial charge >= 0.3 is 5.97 Å². The summed E-state index contributed by atoms with van der Waals surface area (Å²) in [5.74, 6) is 0.0986. The van der Waals surface area contributed by atoms with E-state index in [-0.39, 0.29) is 18.4 Å². The SMILES string of the molecule is COc1ccc(CCNC(=O)COC(=O)c2cc(C(C)C)nc3ccccc23)cc1. The Morgan fingerprint density at radius 3 is 2.50 bits per heavy atom. The molecule has 0 unspecified atom stereocenters. The summed E-state index contributed by atoms with van der Waals surface area (Å²) >= 11 is 0. The highest BCUT2D eigenvalue weighted by Gasteiger charge is 2.16. The van der Waals surface area contributed by atoms with Crippen molar-refractivity contribution in [3.05, 3.63) is 71.4 Å². The first-order valence-electron chi connectivity index (χ1n) is 9.94. The van der Waals surface area contributed by atoms with E-state index < -0.39 is 5.97 Å². The number of carbonyl (C=O) groups is 2. The lowest BCUT2D eigenvalue weighted by Crippen LogP contribution is -2.30. The van der Waals surface area contributed by atoms with E-state index in [1.165, 1.54) is 0 Å². The Kier molecular flexibility index (Phi) is 7.01. The lowest BCUT2D eigenvalue weighted by Gasteiger charge is -2.12. The first-order valence-corrected chi connectivity index (χ1v) is 9.94. The van der Waals surface area contributed by atoms with Crippen LogP contribution in [0.5, 0.6) is 5.75 Å². The number of esters is 1. The van der Waals surface area contributed by atoms with E-state index in [2.05, 4.69) is 10.3 Å². The minimum absolute atomic E-state index is 0.169. The maximum absolute atomic E-state index is 12.7. The molecule has 0 spiro atoms. The quantitative estimate of drug-likeness (QED) is 0.575. The molecule has 0 radical (unpaired) electrons. The summed E-state index contributed by atoms with van der Waals surface area (Å²) in [4.78, 5) is 29.3. The van der Waals surface area contributed by atoms with Crippen LogP contribution in [0.2, 0.25) is 0 Å². The molecule has 3 aromatic rings. The van der Waals surface area contributed by atoms with Gasteiger partial charge in [0, 0.05) is 17.6 Å². The lowest BCUT2D eigenvalue weighted by molar-refractivity contribution is -0.124. The smallest absolute Gasteiger partial charge is 0.339 e. The second-order valence-corrected chi connectivity index (χ2v) is 7.29. The highest BCUT2D eigenvalue weighted by Crippen LogP contribution is 2.23. The number of benzene rings is 2. The first kappa shape index (κ1) is 21.3. The molecule has 0 atom stereocenters. The molecule has 1 aromatic heterocycles. The van der Waals surface area contributed by atoms with Crippen LogP contribution >= 0.6 is 0 Å². The second-order valence-electron chi connectivity index (χ2n) is 7.29. The van der Waals surface area contributed by atoms with Crippen molar-refractivity contribution in [2.45, 2.75) is 26.2 Å². The number of aromatic nitrogens is 1. The zero-order chi connectivity index (χ0) is 21.5. The van der Waals surface area contributed by atoms with Gasteiger partial charge in [0.1, 0.15) is 5.75 Å². The molecule has 0 saturated heterocycles. The molecule has 2 aromatic carbocycles. The molecule has 30 heavy (non-hydrogen) atoms. The van der Waals surface area contributed by atoms with E-state index >= 15 is 0 Å². The average molecular weight is 406 g/mol. The van der Waals surface area contributed by atoms with E-state index in [1.807, 2.05) is 62.4 Å². The van der Waals surface area contributed by atoms with E-state index in [4.69, 9.17) is 9.47 Å². The Labute approximate surface area is 176 Å². The number of amides is 1. The highest BCUT2D eigenvalue weighted by molar-refractivity contribution is 6.04. The summed E-state index contributed by atoms with van der Waals surface area (Å²) in [6.45, 7) is 4.17. The van der Waals surface area contributed by atoms with Crippen LogP contribution in [0.25, 0.3) is 10.9 Å². The third-order valence-electron chi connectivity index (χ3n) is 4.78. The summed E-state index contributed by atoms with van der Waals surface area (Å²) in [6.07, 6.45) is 0.677. The van der Waals surface area contributed by atoms with Crippen molar-refractivity contribution in [1.29, 1.82) is 0 Å². The monoisotopic (exact) mass is 406 g/mol. The van der Waals surface area contributed by atoms with Crippen LogP contribution in [0.1, 0.15) is 41.4 Å². The topological polar surface area (TPSA) is 77.5 Å². The molecule has 0 bridgehead atoms. The molecular formula is C24H26N2O4. The Morgan fingerprint density at radius 1 is 1.07 bits per heavy atom. The fraction of sp³-hybridized carbons (Fsp3) is 0.292. The van der Waals surface area contributed by atoms with E-state index in [0.29, 0.717) is 23.9 Å². The van der Waals surface area contributed by atoms with Crippen LogP contribution in [0.3, 0.4) is 0 Å². The largest absolute Gasteiger partial charge is 0.497 e. The number of para-hydroxylation sites is 1. The van der Waals surface area contributed by atoms with E-state index in [1.54, 1.807) is 13.2 Å². The van der Waals surface area contributed by atoms with Gasteiger partial charge in [-0.05, 0) is 42.2 Å². The molecule has 1 N–H and O–H groups in total. The molecule has 0 aliphatic rings. The van der Waals surface area contributed by atoms with Gasteiger partial charge in [-0.15, -0.1) is 0 Å². The van der Waals surface area contributed by atoms with Crippen molar-refractivity contribution in [2.24, 2.45) is 0 Å². The van der Waals surface area contributed by atoms with Crippen molar-refractivity contribution in [1.82, 2.24) is 10.3 Å². The number of ether oxygens (including phenoxy) is 2. The molecule has 6 heteroatoms. The number of carbonyl (C=O) groups excluding carboxylic acids is 2. The van der Waals surface area contributed by atoms with Gasteiger partial charge in [0.05, 0.1) is 18.2 Å². The Bertz CT molecular complexity index is 1030. The molecule has 0 fully saturated rings. The second kappa shape index (κ2) is 9.87. The Morgan fingerprint density at radius 2 is 1.80 bits per heavy atom. The minimum atomic E-state index is -0.527. The normalized spacial score (nSPS) is 10.8. The van der Waals surface area contributed by atoms with Gasteiger partial charge in [0.25, 0.3) is 5.91 Å². The summed E-state index contributed by atoms with van der Waals surface area (Å²) in [5, 5.41) is 3.49. The van der Waals surface area contributed by atoms with Gasteiger partial charge in [0.2, 0.25) is 0 Å². The van der Waals surface area contributed by atoms with Crippen LogP contribution in [-0.2, 0) is 16.0 Å². The summed E-state index contributed by atoms with van der Waals surface area (Å²) in [7, 11) is 1.62. The molecular weight excluding hydrogens is 380 g/mol. The molecule has 0 aliphatic heterocycles. The number of nitrogens with one attached hydrogen (secondary N) is 1. The Balaban J connectivity index is 1.56. The number of hydrogen-bond acceptors (Lipinski definition) is 5. The van der Waals surface area contributed by atoms with Crippen molar-refractivity contribution < 1.29 is 19.1 Å². The maximum Gasteiger partial charge on any atom is 0.339 e. The molecule has 156 valence electrons. The predicted molar refractivity (Wildman–Crippen MR) is 116 cm³/mol. The van der Waals surface area contributed by atoms with E-state index in [9.17, 15) is 9.59 Å². The van der Waals surface area contributed by atoms with Crippen molar-refractivity contribution in [3.63, 3.8) is 0 Å². The van der Waals surface area contributed by atoms with Gasteiger partial charge in [-0.3, -0.25) is 9.78 Å². The third kappa shape index (κ3) is 5.35. The van der Waals surface area contributed by atoms with E-state index in [0.717, 1.165) is 22.5 Å². The van der Waals surface area contributed by atoms with Crippen LogP contribution in [0.4, 0.5) is 0 Å². The van der Waals surface area contributed by atoms with Gasteiger partial charge in [0.15, 0.2) is 6.61 Å². The van der Waals surface area contributed by atoms with Crippen molar-refractivity contribution in [2.75, 3.05) is 20.3 Å². The fourth-order valence-electron chi connectivity index (χ4n) is 3.06. The number of methoxy groups -OCH3 is 1. The number of rotatable bonds is 8. The molecule has 3 rings (SSSR count). The minimum Gasteiger partial charge on any atom is -0.497 e. The van der Waals surface area contributed by atoms with Crippen LogP contribution in [-0.4, -0.2) is 37.1 Å². The molecule has 6 nitrogen and oxygen atoms in total. The van der Waals surface area contributed by atoms with Crippen molar-refractivity contribution in [3.8, 4) is 5.75 Å². The number of nitrogens with zero attached hydrogens (tertiary/aromatic N) is 1. The first-order chi connectivity index (χ1) is 14.5. The van der Waals surface area contributed by atoms with Gasteiger partial charge in [-0.25, -0.2) is 4.79 Å². The maximum atomic E-state index is 12.7.